The number of sulfonamides is 1. The SMILES string of the molecule is CC[C@@H](C)NC(=O)[C@@H](Cc1ccccc1)N(Cc1cccc(Br)c1)C(=O)CN(c1ccccc1C)S(=O)(=O)c1ccccc1. The zero-order valence-electron chi connectivity index (χ0n) is 25.2. The van der Waals surface area contributed by atoms with Gasteiger partial charge in [0.05, 0.1) is 10.6 Å². The number of rotatable bonds is 13. The lowest BCUT2D eigenvalue weighted by Crippen LogP contribution is -2.54. The summed E-state index contributed by atoms with van der Waals surface area (Å²) in [5.41, 5.74) is 2.79. The normalized spacial score (nSPS) is 12.6. The topological polar surface area (TPSA) is 86.8 Å². The van der Waals surface area contributed by atoms with Crippen LogP contribution in [-0.2, 0) is 32.6 Å². The van der Waals surface area contributed by atoms with Gasteiger partial charge < -0.3 is 10.2 Å². The largest absolute Gasteiger partial charge is 0.352 e. The van der Waals surface area contributed by atoms with E-state index in [0.717, 1.165) is 26.3 Å². The maximum atomic E-state index is 14.5. The first kappa shape index (κ1) is 33.0. The Morgan fingerprint density at radius 1 is 0.841 bits per heavy atom. The molecule has 44 heavy (non-hydrogen) atoms. The Labute approximate surface area is 269 Å². The fourth-order valence-electron chi connectivity index (χ4n) is 4.90. The van der Waals surface area contributed by atoms with E-state index in [-0.39, 0.29) is 29.8 Å². The predicted octanol–water partition coefficient (Wildman–Crippen LogP) is 6.51. The van der Waals surface area contributed by atoms with Crippen LogP contribution in [0.1, 0.15) is 37.0 Å². The molecule has 0 radical (unpaired) electrons. The lowest BCUT2D eigenvalue weighted by Gasteiger charge is -2.34. The Bertz CT molecular complexity index is 1670. The summed E-state index contributed by atoms with van der Waals surface area (Å²) in [6, 6.07) is 31.2. The monoisotopic (exact) mass is 675 g/mol. The second-order valence-electron chi connectivity index (χ2n) is 10.8. The van der Waals surface area contributed by atoms with Gasteiger partial charge in [0.2, 0.25) is 11.8 Å². The number of amides is 2. The molecule has 0 aromatic heterocycles. The molecule has 0 saturated carbocycles. The third-order valence-electron chi connectivity index (χ3n) is 7.51. The van der Waals surface area contributed by atoms with E-state index in [1.165, 1.54) is 17.0 Å². The molecule has 0 heterocycles. The molecule has 4 aromatic carbocycles. The van der Waals surface area contributed by atoms with Crippen molar-refractivity contribution in [2.75, 3.05) is 10.8 Å². The summed E-state index contributed by atoms with van der Waals surface area (Å²) in [5, 5.41) is 3.06. The van der Waals surface area contributed by atoms with E-state index in [1.54, 1.807) is 30.3 Å². The smallest absolute Gasteiger partial charge is 0.264 e. The number of nitrogens with one attached hydrogen (secondary N) is 1. The van der Waals surface area contributed by atoms with E-state index >= 15 is 0 Å². The van der Waals surface area contributed by atoms with Gasteiger partial charge in [0.15, 0.2) is 0 Å². The van der Waals surface area contributed by atoms with Crippen LogP contribution in [0.25, 0.3) is 0 Å². The van der Waals surface area contributed by atoms with Crippen LogP contribution in [0.5, 0.6) is 0 Å². The lowest BCUT2D eigenvalue weighted by atomic mass is 10.0. The van der Waals surface area contributed by atoms with Gasteiger partial charge in [0, 0.05) is 23.5 Å². The highest BCUT2D eigenvalue weighted by atomic mass is 79.9. The van der Waals surface area contributed by atoms with Crippen molar-refractivity contribution in [2.24, 2.45) is 0 Å². The molecule has 0 aliphatic heterocycles. The second-order valence-corrected chi connectivity index (χ2v) is 13.6. The lowest BCUT2D eigenvalue weighted by molar-refractivity contribution is -0.140. The fraction of sp³-hybridized carbons (Fsp3) is 0.257. The minimum absolute atomic E-state index is 0.0740. The summed E-state index contributed by atoms with van der Waals surface area (Å²) in [7, 11) is -4.13. The Balaban J connectivity index is 1.81. The molecule has 0 aliphatic carbocycles. The van der Waals surface area contributed by atoms with Crippen molar-refractivity contribution in [2.45, 2.75) is 57.1 Å². The number of hydrogen-bond acceptors (Lipinski definition) is 4. The number of carbonyl (C=O) groups excluding carboxylic acids is 2. The number of aryl methyl sites for hydroxylation is 1. The van der Waals surface area contributed by atoms with Gasteiger partial charge in [-0.15, -0.1) is 0 Å². The Kier molecular flexibility index (Phi) is 11.4. The van der Waals surface area contributed by atoms with E-state index in [0.29, 0.717) is 11.3 Å². The zero-order valence-corrected chi connectivity index (χ0v) is 27.6. The van der Waals surface area contributed by atoms with E-state index in [2.05, 4.69) is 21.2 Å². The molecule has 7 nitrogen and oxygen atoms in total. The molecule has 0 unspecified atom stereocenters. The summed E-state index contributed by atoms with van der Waals surface area (Å²) < 4.78 is 30.2. The molecule has 2 amide bonds. The van der Waals surface area contributed by atoms with Crippen molar-refractivity contribution in [3.63, 3.8) is 0 Å². The van der Waals surface area contributed by atoms with Crippen molar-refractivity contribution in [3.8, 4) is 0 Å². The van der Waals surface area contributed by atoms with Gasteiger partial charge in [-0.05, 0) is 67.3 Å². The molecule has 2 atom stereocenters. The summed E-state index contributed by atoms with van der Waals surface area (Å²) in [4.78, 5) is 30.0. The number of halogens is 1. The first-order valence-corrected chi connectivity index (χ1v) is 16.8. The van der Waals surface area contributed by atoms with Gasteiger partial charge in [-0.2, -0.15) is 0 Å². The number of hydrogen-bond donors (Lipinski definition) is 1. The van der Waals surface area contributed by atoms with Crippen LogP contribution >= 0.6 is 15.9 Å². The minimum Gasteiger partial charge on any atom is -0.352 e. The van der Waals surface area contributed by atoms with Gasteiger partial charge in [-0.25, -0.2) is 8.42 Å². The van der Waals surface area contributed by atoms with Gasteiger partial charge in [0.25, 0.3) is 10.0 Å². The van der Waals surface area contributed by atoms with Gasteiger partial charge in [-0.1, -0.05) is 102 Å². The van der Waals surface area contributed by atoms with Crippen LogP contribution in [0, 0.1) is 6.92 Å². The summed E-state index contributed by atoms with van der Waals surface area (Å²) in [5.74, 6) is -0.784. The van der Waals surface area contributed by atoms with Crippen molar-refractivity contribution in [1.82, 2.24) is 10.2 Å². The highest BCUT2D eigenvalue weighted by Crippen LogP contribution is 2.28. The number of para-hydroxylation sites is 1. The average molecular weight is 677 g/mol. The first-order valence-electron chi connectivity index (χ1n) is 14.6. The highest BCUT2D eigenvalue weighted by molar-refractivity contribution is 9.10. The maximum Gasteiger partial charge on any atom is 0.264 e. The van der Waals surface area contributed by atoms with Crippen LogP contribution < -0.4 is 9.62 Å². The third kappa shape index (κ3) is 8.36. The Morgan fingerprint density at radius 3 is 2.09 bits per heavy atom. The highest BCUT2D eigenvalue weighted by Gasteiger charge is 2.35. The Hall–Kier alpha value is -3.95. The van der Waals surface area contributed by atoms with E-state index in [9.17, 15) is 18.0 Å². The number of carbonyl (C=O) groups is 2. The molecule has 4 aromatic rings. The van der Waals surface area contributed by atoms with Crippen molar-refractivity contribution >= 4 is 43.5 Å². The first-order chi connectivity index (χ1) is 21.1. The molecular weight excluding hydrogens is 638 g/mol. The zero-order chi connectivity index (χ0) is 31.7. The molecule has 0 spiro atoms. The standard InChI is InChI=1S/C35H38BrN3O4S/c1-4-27(3)37-35(41)33(23-28-15-7-5-8-16-28)38(24-29-17-13-18-30(36)22-29)34(40)25-39(32-21-12-11-14-26(32)2)44(42,43)31-19-9-6-10-20-31/h5-22,27,33H,4,23-25H2,1-3H3,(H,37,41)/t27-,33-/m1/s1. The van der Waals surface area contributed by atoms with E-state index < -0.39 is 28.5 Å². The minimum atomic E-state index is -4.13. The Morgan fingerprint density at radius 2 is 1.45 bits per heavy atom. The summed E-state index contributed by atoms with van der Waals surface area (Å²) in [6.45, 7) is 5.33. The maximum absolute atomic E-state index is 14.5. The van der Waals surface area contributed by atoms with Crippen molar-refractivity contribution < 1.29 is 18.0 Å². The molecule has 0 saturated heterocycles. The quantitative estimate of drug-likeness (QED) is 0.175. The van der Waals surface area contributed by atoms with Crippen molar-refractivity contribution in [3.05, 3.63) is 130 Å². The van der Waals surface area contributed by atoms with Crippen molar-refractivity contribution in [1.29, 1.82) is 0 Å². The number of nitrogens with zero attached hydrogens (tertiary/aromatic N) is 2. The third-order valence-corrected chi connectivity index (χ3v) is 9.78. The average Bonchev–Trinajstić information content (AvgIpc) is 3.02. The van der Waals surface area contributed by atoms with Gasteiger partial charge >= 0.3 is 0 Å². The number of benzene rings is 4. The second kappa shape index (κ2) is 15.2. The van der Waals surface area contributed by atoms with Gasteiger partial charge in [-0.3, -0.25) is 13.9 Å². The van der Waals surface area contributed by atoms with E-state index in [1.807, 2.05) is 87.5 Å². The fourth-order valence-corrected chi connectivity index (χ4v) is 6.85. The summed E-state index contributed by atoms with van der Waals surface area (Å²) in [6.07, 6.45) is 0.985. The molecule has 0 fully saturated rings. The van der Waals surface area contributed by atoms with Crippen LogP contribution in [0.4, 0.5) is 5.69 Å². The van der Waals surface area contributed by atoms with E-state index in [4.69, 9.17) is 0 Å². The molecule has 1 N–H and O–H groups in total. The number of anilines is 1. The molecule has 4 rings (SSSR count). The summed E-state index contributed by atoms with van der Waals surface area (Å²) >= 11 is 3.51. The molecule has 0 aliphatic rings. The molecule has 0 bridgehead atoms. The van der Waals surface area contributed by atoms with Crippen LogP contribution in [0.15, 0.2) is 119 Å². The van der Waals surface area contributed by atoms with Crippen LogP contribution in [0.3, 0.4) is 0 Å². The van der Waals surface area contributed by atoms with Gasteiger partial charge in [0.1, 0.15) is 12.6 Å². The molecular formula is C35H38BrN3O4S. The molecule has 230 valence electrons. The van der Waals surface area contributed by atoms with Crippen LogP contribution in [-0.4, -0.2) is 43.8 Å². The molecule has 9 heteroatoms. The predicted molar refractivity (Wildman–Crippen MR) is 179 cm³/mol. The van der Waals surface area contributed by atoms with Crippen LogP contribution in [0.2, 0.25) is 0 Å².